The van der Waals surface area contributed by atoms with Crippen molar-refractivity contribution in [3.05, 3.63) is 41.4 Å². The predicted molar refractivity (Wildman–Crippen MR) is 81.1 cm³/mol. The molecule has 0 unspecified atom stereocenters. The van der Waals surface area contributed by atoms with E-state index in [0.29, 0.717) is 0 Å². The van der Waals surface area contributed by atoms with Crippen molar-refractivity contribution < 1.29 is 0 Å². The van der Waals surface area contributed by atoms with Crippen LogP contribution in [-0.2, 0) is 6.54 Å². The molecule has 0 atom stereocenters. The van der Waals surface area contributed by atoms with Crippen molar-refractivity contribution in [2.75, 3.05) is 27.2 Å². The Morgan fingerprint density at radius 1 is 1.35 bits per heavy atom. The summed E-state index contributed by atoms with van der Waals surface area (Å²) in [6.45, 7) is 2.77. The molecule has 5 heteroatoms. The summed E-state index contributed by atoms with van der Waals surface area (Å²) in [4.78, 5) is 2.30. The number of hydrogen-bond acceptors (Lipinski definition) is 4. The second-order valence-corrected chi connectivity index (χ2v) is 5.17. The topological polar surface area (TPSA) is 56.0 Å². The van der Waals surface area contributed by atoms with Gasteiger partial charge in [0.05, 0.1) is 17.8 Å². The number of likely N-dealkylation sites (N-methyl/N-ethyl adjacent to an activating group) is 1. The first kappa shape index (κ1) is 13.0. The number of hydrogen-bond donors (Lipinski definition) is 3. The Labute approximate surface area is 119 Å². The molecule has 1 aliphatic rings. The standard InChI is InChI=1S/C15H21N5/c1-16-13-9-17-8-7-15(13)20(2)10-14-11-5-3-4-6-12(11)18-19-14/h3-6,16-17H,7-10H2,1-2H3,(H,18,19). The van der Waals surface area contributed by atoms with Gasteiger partial charge in [-0.2, -0.15) is 5.10 Å². The first-order valence-corrected chi connectivity index (χ1v) is 7.03. The van der Waals surface area contributed by atoms with Gasteiger partial charge in [-0.05, 0) is 6.07 Å². The van der Waals surface area contributed by atoms with Crippen molar-refractivity contribution in [3.8, 4) is 0 Å². The smallest absolute Gasteiger partial charge is 0.0893 e. The third-order valence-electron chi connectivity index (χ3n) is 3.89. The van der Waals surface area contributed by atoms with E-state index in [1.54, 1.807) is 0 Å². The van der Waals surface area contributed by atoms with Crippen molar-refractivity contribution in [2.24, 2.45) is 0 Å². The first-order valence-electron chi connectivity index (χ1n) is 7.03. The van der Waals surface area contributed by atoms with E-state index >= 15 is 0 Å². The van der Waals surface area contributed by atoms with Gasteiger partial charge in [0.25, 0.3) is 0 Å². The maximum atomic E-state index is 4.46. The highest BCUT2D eigenvalue weighted by atomic mass is 15.2. The summed E-state index contributed by atoms with van der Waals surface area (Å²) in [6.07, 6.45) is 1.05. The van der Waals surface area contributed by atoms with Gasteiger partial charge in [-0.25, -0.2) is 0 Å². The zero-order valence-electron chi connectivity index (χ0n) is 12.0. The summed E-state index contributed by atoms with van der Waals surface area (Å²) in [6, 6.07) is 8.28. The Balaban J connectivity index is 1.85. The molecular formula is C15H21N5. The molecule has 0 amide bonds. The van der Waals surface area contributed by atoms with Crippen LogP contribution < -0.4 is 10.6 Å². The van der Waals surface area contributed by atoms with E-state index in [2.05, 4.69) is 51.0 Å². The average molecular weight is 271 g/mol. The minimum absolute atomic E-state index is 0.824. The van der Waals surface area contributed by atoms with E-state index in [-0.39, 0.29) is 0 Å². The summed E-state index contributed by atoms with van der Waals surface area (Å²) >= 11 is 0. The highest BCUT2D eigenvalue weighted by molar-refractivity contribution is 5.81. The van der Waals surface area contributed by atoms with Gasteiger partial charge < -0.3 is 15.5 Å². The lowest BCUT2D eigenvalue weighted by atomic mass is 10.1. The number of nitrogens with one attached hydrogen (secondary N) is 3. The Kier molecular flexibility index (Phi) is 3.60. The van der Waals surface area contributed by atoms with Gasteiger partial charge in [-0.1, -0.05) is 18.2 Å². The zero-order valence-corrected chi connectivity index (χ0v) is 12.0. The monoisotopic (exact) mass is 271 g/mol. The normalized spacial score (nSPS) is 15.7. The molecule has 0 saturated heterocycles. The molecule has 2 heterocycles. The van der Waals surface area contributed by atoms with Gasteiger partial charge in [0.15, 0.2) is 0 Å². The average Bonchev–Trinajstić information content (AvgIpc) is 2.90. The summed E-state index contributed by atoms with van der Waals surface area (Å²) < 4.78 is 0. The fraction of sp³-hybridized carbons (Fsp3) is 0.400. The molecule has 0 radical (unpaired) electrons. The molecule has 0 fully saturated rings. The molecule has 3 N–H and O–H groups in total. The van der Waals surface area contributed by atoms with Crippen LogP contribution in [0.15, 0.2) is 35.7 Å². The third kappa shape index (κ3) is 2.36. The lowest BCUT2D eigenvalue weighted by Crippen LogP contribution is -2.35. The lowest BCUT2D eigenvalue weighted by Gasteiger charge is -2.29. The third-order valence-corrected chi connectivity index (χ3v) is 3.89. The van der Waals surface area contributed by atoms with Crippen LogP contribution >= 0.6 is 0 Å². The van der Waals surface area contributed by atoms with Gasteiger partial charge in [0.1, 0.15) is 0 Å². The Morgan fingerprint density at radius 3 is 3.05 bits per heavy atom. The zero-order chi connectivity index (χ0) is 13.9. The SMILES string of the molecule is CNC1=C(N(C)Cc2n[nH]c3ccccc23)CCNC1. The summed E-state index contributed by atoms with van der Waals surface area (Å²) in [7, 11) is 4.13. The molecule has 1 aromatic carbocycles. The molecule has 106 valence electrons. The molecule has 5 nitrogen and oxygen atoms in total. The van der Waals surface area contributed by atoms with Crippen molar-refractivity contribution in [2.45, 2.75) is 13.0 Å². The van der Waals surface area contributed by atoms with Crippen LogP contribution in [0.25, 0.3) is 10.9 Å². The van der Waals surface area contributed by atoms with Gasteiger partial charge in [-0.3, -0.25) is 5.10 Å². The molecule has 1 aliphatic heterocycles. The van der Waals surface area contributed by atoms with Gasteiger partial charge in [-0.15, -0.1) is 0 Å². The van der Waals surface area contributed by atoms with Crippen molar-refractivity contribution in [1.82, 2.24) is 25.7 Å². The summed E-state index contributed by atoms with van der Waals surface area (Å²) in [5.74, 6) is 0. The van der Waals surface area contributed by atoms with E-state index in [1.807, 2.05) is 13.1 Å². The maximum Gasteiger partial charge on any atom is 0.0893 e. The summed E-state index contributed by atoms with van der Waals surface area (Å²) in [5.41, 5.74) is 4.85. The van der Waals surface area contributed by atoms with Crippen LogP contribution in [0.1, 0.15) is 12.1 Å². The van der Waals surface area contributed by atoms with E-state index in [1.165, 1.54) is 16.8 Å². The number of rotatable bonds is 4. The van der Waals surface area contributed by atoms with Crippen LogP contribution in [0.4, 0.5) is 0 Å². The van der Waals surface area contributed by atoms with Gasteiger partial charge >= 0.3 is 0 Å². The number of H-pyrrole nitrogens is 1. The predicted octanol–water partition coefficient (Wildman–Crippen LogP) is 1.42. The van der Waals surface area contributed by atoms with Crippen LogP contribution in [-0.4, -0.2) is 42.3 Å². The van der Waals surface area contributed by atoms with Crippen LogP contribution in [0, 0.1) is 0 Å². The Morgan fingerprint density at radius 2 is 2.20 bits per heavy atom. The lowest BCUT2D eigenvalue weighted by molar-refractivity contribution is 0.368. The Hall–Kier alpha value is -2.01. The van der Waals surface area contributed by atoms with Gasteiger partial charge in [0.2, 0.25) is 0 Å². The fourth-order valence-electron chi connectivity index (χ4n) is 2.79. The number of aromatic nitrogens is 2. The van der Waals surface area contributed by atoms with Crippen LogP contribution in [0.5, 0.6) is 0 Å². The molecular weight excluding hydrogens is 250 g/mol. The van der Waals surface area contributed by atoms with Crippen molar-refractivity contribution in [1.29, 1.82) is 0 Å². The molecule has 2 aromatic rings. The number of para-hydroxylation sites is 1. The number of benzene rings is 1. The summed E-state index contributed by atoms with van der Waals surface area (Å²) in [5, 5.41) is 15.5. The second kappa shape index (κ2) is 5.54. The first-order chi connectivity index (χ1) is 9.79. The van der Waals surface area contributed by atoms with E-state index in [0.717, 1.165) is 37.3 Å². The fourth-order valence-corrected chi connectivity index (χ4v) is 2.79. The molecule has 1 aromatic heterocycles. The number of nitrogens with zero attached hydrogens (tertiary/aromatic N) is 2. The number of aromatic amines is 1. The van der Waals surface area contributed by atoms with Gasteiger partial charge in [0, 0.05) is 50.4 Å². The van der Waals surface area contributed by atoms with Crippen molar-refractivity contribution in [3.63, 3.8) is 0 Å². The number of fused-ring (bicyclic) bond motifs is 1. The second-order valence-electron chi connectivity index (χ2n) is 5.17. The molecule has 20 heavy (non-hydrogen) atoms. The molecule has 0 spiro atoms. The molecule has 0 aliphatic carbocycles. The largest absolute Gasteiger partial charge is 0.389 e. The molecule has 0 bridgehead atoms. The molecule has 0 saturated carbocycles. The molecule has 3 rings (SSSR count). The van der Waals surface area contributed by atoms with Crippen LogP contribution in [0.3, 0.4) is 0 Å². The highest BCUT2D eigenvalue weighted by Crippen LogP contribution is 2.20. The van der Waals surface area contributed by atoms with Crippen LogP contribution in [0.2, 0.25) is 0 Å². The van der Waals surface area contributed by atoms with E-state index in [9.17, 15) is 0 Å². The minimum Gasteiger partial charge on any atom is -0.389 e. The minimum atomic E-state index is 0.824. The van der Waals surface area contributed by atoms with E-state index in [4.69, 9.17) is 0 Å². The quantitative estimate of drug-likeness (QED) is 0.787. The van der Waals surface area contributed by atoms with E-state index < -0.39 is 0 Å². The maximum absolute atomic E-state index is 4.46. The Bertz CT molecular complexity index is 628. The highest BCUT2D eigenvalue weighted by Gasteiger charge is 2.16. The van der Waals surface area contributed by atoms with Crippen molar-refractivity contribution >= 4 is 10.9 Å².